The molecule has 0 aromatic heterocycles. The number of ether oxygens (including phenoxy) is 2. The van der Waals surface area contributed by atoms with Gasteiger partial charge in [-0.2, -0.15) is 5.10 Å². The third kappa shape index (κ3) is 6.37. The Balaban J connectivity index is 1.29. The molecule has 0 aliphatic rings. The molecular formula is C33H26N2O4. The van der Waals surface area contributed by atoms with Crippen molar-refractivity contribution >= 4 is 28.9 Å². The maximum atomic E-state index is 12.8. The molecule has 5 aromatic carbocycles. The van der Waals surface area contributed by atoms with Crippen LogP contribution in [0.4, 0.5) is 0 Å². The van der Waals surface area contributed by atoms with E-state index < -0.39 is 5.97 Å². The third-order valence-electron chi connectivity index (χ3n) is 6.15. The summed E-state index contributed by atoms with van der Waals surface area (Å²) in [5.41, 5.74) is 6.13. The highest BCUT2D eigenvalue weighted by molar-refractivity contribution is 6.04. The highest BCUT2D eigenvalue weighted by atomic mass is 16.5. The predicted octanol–water partition coefficient (Wildman–Crippen LogP) is 6.71. The van der Waals surface area contributed by atoms with Crippen LogP contribution in [0.3, 0.4) is 0 Å². The molecule has 0 atom stereocenters. The first kappa shape index (κ1) is 25.4. The Labute approximate surface area is 226 Å². The van der Waals surface area contributed by atoms with Crippen LogP contribution in [0.15, 0.2) is 120 Å². The number of esters is 1. The Kier molecular flexibility index (Phi) is 7.74. The summed E-state index contributed by atoms with van der Waals surface area (Å²) >= 11 is 0. The van der Waals surface area contributed by atoms with E-state index in [2.05, 4.69) is 10.5 Å². The van der Waals surface area contributed by atoms with Crippen molar-refractivity contribution in [2.75, 3.05) is 0 Å². The van der Waals surface area contributed by atoms with Crippen LogP contribution < -0.4 is 14.9 Å². The summed E-state index contributed by atoms with van der Waals surface area (Å²) in [5, 5.41) is 5.96. The fraction of sp³-hybridized carbons (Fsp3) is 0.0606. The molecule has 6 nitrogen and oxygen atoms in total. The SMILES string of the molecule is Cc1ccc(C(=O)Oc2ccc3ccccc3c2/C=N/NC(=O)c2ccc(OCc3ccccc3)cc2)cc1. The average Bonchev–Trinajstić information content (AvgIpc) is 2.98. The Morgan fingerprint density at radius 1 is 0.769 bits per heavy atom. The number of aryl methyl sites for hydroxylation is 1. The quantitative estimate of drug-likeness (QED) is 0.108. The minimum atomic E-state index is -0.474. The molecule has 0 heterocycles. The Hall–Kier alpha value is -5.23. The fourth-order valence-corrected chi connectivity index (χ4v) is 4.01. The van der Waals surface area contributed by atoms with Crippen molar-refractivity contribution in [2.24, 2.45) is 5.10 Å². The number of rotatable bonds is 8. The first-order valence-electron chi connectivity index (χ1n) is 12.5. The Bertz CT molecular complexity index is 1630. The molecule has 0 fully saturated rings. The van der Waals surface area contributed by atoms with E-state index in [1.54, 1.807) is 42.5 Å². The highest BCUT2D eigenvalue weighted by Gasteiger charge is 2.14. The van der Waals surface area contributed by atoms with Crippen LogP contribution in [0.25, 0.3) is 10.8 Å². The van der Waals surface area contributed by atoms with E-state index >= 15 is 0 Å². The number of benzene rings is 5. The van der Waals surface area contributed by atoms with Crippen LogP contribution in [0.1, 0.15) is 37.4 Å². The number of carbonyl (C=O) groups excluding carboxylic acids is 2. The van der Waals surface area contributed by atoms with E-state index in [1.807, 2.05) is 79.7 Å². The van der Waals surface area contributed by atoms with E-state index in [0.29, 0.717) is 34.8 Å². The van der Waals surface area contributed by atoms with Crippen molar-refractivity contribution in [3.8, 4) is 11.5 Å². The van der Waals surface area contributed by atoms with Crippen molar-refractivity contribution in [2.45, 2.75) is 13.5 Å². The summed E-state index contributed by atoms with van der Waals surface area (Å²) in [6.45, 7) is 2.40. The van der Waals surface area contributed by atoms with Crippen LogP contribution in [0.5, 0.6) is 11.5 Å². The minimum Gasteiger partial charge on any atom is -0.489 e. The summed E-state index contributed by atoms with van der Waals surface area (Å²) < 4.78 is 11.5. The van der Waals surface area contributed by atoms with Gasteiger partial charge in [0.2, 0.25) is 0 Å². The number of carbonyl (C=O) groups is 2. The molecule has 1 N–H and O–H groups in total. The summed E-state index contributed by atoms with van der Waals surface area (Å²) in [7, 11) is 0. The van der Waals surface area contributed by atoms with Gasteiger partial charge in [-0.25, -0.2) is 10.2 Å². The molecular weight excluding hydrogens is 488 g/mol. The molecule has 0 aliphatic heterocycles. The second-order valence-corrected chi connectivity index (χ2v) is 8.95. The zero-order chi connectivity index (χ0) is 27.0. The van der Waals surface area contributed by atoms with Crippen molar-refractivity contribution in [1.82, 2.24) is 5.43 Å². The molecule has 1 amide bonds. The highest BCUT2D eigenvalue weighted by Crippen LogP contribution is 2.27. The van der Waals surface area contributed by atoms with Gasteiger partial charge in [0.15, 0.2) is 0 Å². The monoisotopic (exact) mass is 514 g/mol. The first-order valence-corrected chi connectivity index (χ1v) is 12.5. The summed E-state index contributed by atoms with van der Waals surface area (Å²) in [6.07, 6.45) is 1.50. The molecule has 5 rings (SSSR count). The van der Waals surface area contributed by atoms with E-state index in [4.69, 9.17) is 9.47 Å². The molecule has 0 bridgehead atoms. The largest absolute Gasteiger partial charge is 0.489 e. The molecule has 0 spiro atoms. The summed E-state index contributed by atoms with van der Waals surface area (Å²) in [5.74, 6) is 0.157. The van der Waals surface area contributed by atoms with Gasteiger partial charge in [0, 0.05) is 11.1 Å². The predicted molar refractivity (Wildman–Crippen MR) is 152 cm³/mol. The molecule has 39 heavy (non-hydrogen) atoms. The van der Waals surface area contributed by atoms with Crippen LogP contribution in [0.2, 0.25) is 0 Å². The Morgan fingerprint density at radius 2 is 1.46 bits per heavy atom. The number of hydrogen-bond acceptors (Lipinski definition) is 5. The van der Waals surface area contributed by atoms with Gasteiger partial charge in [-0.15, -0.1) is 0 Å². The van der Waals surface area contributed by atoms with Gasteiger partial charge < -0.3 is 9.47 Å². The lowest BCUT2D eigenvalue weighted by Gasteiger charge is -2.11. The summed E-state index contributed by atoms with van der Waals surface area (Å²) in [6, 6.07) is 35.2. The van der Waals surface area contributed by atoms with Crippen LogP contribution in [0, 0.1) is 6.92 Å². The number of nitrogens with zero attached hydrogens (tertiary/aromatic N) is 1. The van der Waals surface area contributed by atoms with Crippen molar-refractivity contribution in [3.63, 3.8) is 0 Å². The molecule has 0 saturated heterocycles. The fourth-order valence-electron chi connectivity index (χ4n) is 4.01. The summed E-state index contributed by atoms with van der Waals surface area (Å²) in [4.78, 5) is 25.5. The topological polar surface area (TPSA) is 77.0 Å². The van der Waals surface area contributed by atoms with Gasteiger partial charge in [-0.3, -0.25) is 4.79 Å². The average molecular weight is 515 g/mol. The van der Waals surface area contributed by atoms with Crippen molar-refractivity contribution in [1.29, 1.82) is 0 Å². The van der Waals surface area contributed by atoms with Gasteiger partial charge in [0.25, 0.3) is 5.91 Å². The van der Waals surface area contributed by atoms with Crippen molar-refractivity contribution < 1.29 is 19.1 Å². The van der Waals surface area contributed by atoms with Gasteiger partial charge in [0.05, 0.1) is 11.8 Å². The van der Waals surface area contributed by atoms with E-state index in [0.717, 1.165) is 21.9 Å². The lowest BCUT2D eigenvalue weighted by Crippen LogP contribution is -2.17. The number of nitrogens with one attached hydrogen (secondary N) is 1. The van der Waals surface area contributed by atoms with Crippen LogP contribution >= 0.6 is 0 Å². The molecule has 5 aromatic rings. The molecule has 0 unspecified atom stereocenters. The van der Waals surface area contributed by atoms with Crippen molar-refractivity contribution in [3.05, 3.63) is 143 Å². The Morgan fingerprint density at radius 3 is 2.23 bits per heavy atom. The maximum absolute atomic E-state index is 12.8. The lowest BCUT2D eigenvalue weighted by atomic mass is 10.0. The van der Waals surface area contributed by atoms with Gasteiger partial charge in [-0.1, -0.05) is 78.4 Å². The molecule has 0 saturated carbocycles. The third-order valence-corrected chi connectivity index (χ3v) is 6.15. The van der Waals surface area contributed by atoms with Crippen LogP contribution in [-0.4, -0.2) is 18.1 Å². The van der Waals surface area contributed by atoms with Gasteiger partial charge in [-0.05, 0) is 65.7 Å². The lowest BCUT2D eigenvalue weighted by molar-refractivity contribution is 0.0734. The number of hydrazone groups is 1. The number of amides is 1. The maximum Gasteiger partial charge on any atom is 0.343 e. The second-order valence-electron chi connectivity index (χ2n) is 8.95. The molecule has 192 valence electrons. The number of fused-ring (bicyclic) bond motifs is 1. The normalized spacial score (nSPS) is 10.9. The zero-order valence-corrected chi connectivity index (χ0v) is 21.3. The van der Waals surface area contributed by atoms with Gasteiger partial charge in [0.1, 0.15) is 18.1 Å². The minimum absolute atomic E-state index is 0.345. The molecule has 0 radical (unpaired) electrons. The molecule has 6 heteroatoms. The van der Waals surface area contributed by atoms with E-state index in [9.17, 15) is 9.59 Å². The van der Waals surface area contributed by atoms with E-state index in [-0.39, 0.29) is 5.91 Å². The zero-order valence-electron chi connectivity index (χ0n) is 21.3. The first-order chi connectivity index (χ1) is 19.1. The number of hydrogen-bond donors (Lipinski definition) is 1. The molecule has 0 aliphatic carbocycles. The second kappa shape index (κ2) is 11.9. The smallest absolute Gasteiger partial charge is 0.343 e. The van der Waals surface area contributed by atoms with Crippen LogP contribution in [-0.2, 0) is 6.61 Å². The standard InChI is InChI=1S/C33H26N2O4/c1-23-11-13-27(14-12-23)33(37)39-31-20-17-25-9-5-6-10-29(25)30(31)21-34-35-32(36)26-15-18-28(19-16-26)38-22-24-7-3-2-4-8-24/h2-21H,22H2,1H3,(H,35,36)/b34-21+. The van der Waals surface area contributed by atoms with Gasteiger partial charge >= 0.3 is 5.97 Å². The van der Waals surface area contributed by atoms with E-state index in [1.165, 1.54) is 6.21 Å².